The average molecular weight is 486 g/mol. The minimum Gasteiger partial charge on any atom is -0.497 e. The minimum atomic E-state index is -3.77. The predicted octanol–water partition coefficient (Wildman–Crippen LogP) is 1.52. The van der Waals surface area contributed by atoms with E-state index in [2.05, 4.69) is 18.7 Å². The molecule has 10 heteroatoms. The van der Waals surface area contributed by atoms with E-state index in [1.165, 1.54) is 4.31 Å². The molecule has 1 aromatic rings. The van der Waals surface area contributed by atoms with Crippen LogP contribution in [0.5, 0.6) is 5.75 Å². The van der Waals surface area contributed by atoms with Crippen molar-refractivity contribution in [1.29, 1.82) is 0 Å². The Bertz CT molecular complexity index is 865. The van der Waals surface area contributed by atoms with Gasteiger partial charge in [-0.3, -0.25) is 4.79 Å². The predicted molar refractivity (Wildman–Crippen MR) is 127 cm³/mol. The molecular weight excluding hydrogens is 446 g/mol. The van der Waals surface area contributed by atoms with Crippen LogP contribution in [-0.4, -0.2) is 108 Å². The van der Waals surface area contributed by atoms with Gasteiger partial charge in [-0.05, 0) is 50.2 Å². The number of methoxy groups -OCH3 is 1. The van der Waals surface area contributed by atoms with Gasteiger partial charge in [-0.1, -0.05) is 13.8 Å². The van der Waals surface area contributed by atoms with E-state index >= 15 is 0 Å². The maximum atomic E-state index is 13.5. The highest BCUT2D eigenvalue weighted by Gasteiger charge is 2.36. The first-order chi connectivity index (χ1) is 15.6. The van der Waals surface area contributed by atoms with Gasteiger partial charge < -0.3 is 24.0 Å². The first kappa shape index (κ1) is 27.5. The molecule has 1 aliphatic rings. The highest BCUT2D eigenvalue weighted by Crippen LogP contribution is 2.30. The Hall–Kier alpha value is -1.72. The molecule has 1 aliphatic heterocycles. The second-order valence-electron chi connectivity index (χ2n) is 8.29. The molecule has 0 unspecified atom stereocenters. The second kappa shape index (κ2) is 12.7. The quantitative estimate of drug-likeness (QED) is 0.443. The maximum absolute atomic E-state index is 13.5. The van der Waals surface area contributed by atoms with Gasteiger partial charge in [-0.25, -0.2) is 8.42 Å². The smallest absolute Gasteiger partial charge is 0.248 e. The summed E-state index contributed by atoms with van der Waals surface area (Å²) in [6.07, 6.45) is 0. The summed E-state index contributed by atoms with van der Waals surface area (Å²) in [7, 11) is -0.461. The van der Waals surface area contributed by atoms with Crippen LogP contribution in [0.3, 0.4) is 0 Å². The van der Waals surface area contributed by atoms with E-state index in [-0.39, 0.29) is 37.2 Å². The first-order valence-electron chi connectivity index (χ1n) is 11.4. The summed E-state index contributed by atoms with van der Waals surface area (Å²) < 4.78 is 45.0. The lowest BCUT2D eigenvalue weighted by molar-refractivity contribution is -0.136. The lowest BCUT2D eigenvalue weighted by Gasteiger charge is -2.35. The van der Waals surface area contributed by atoms with Crippen molar-refractivity contribution in [3.8, 4) is 5.75 Å². The summed E-state index contributed by atoms with van der Waals surface area (Å²) in [5.74, 6) is 0.490. The monoisotopic (exact) mass is 485 g/mol. The summed E-state index contributed by atoms with van der Waals surface area (Å²) >= 11 is 0. The molecule has 0 aliphatic carbocycles. The van der Waals surface area contributed by atoms with Crippen molar-refractivity contribution in [2.24, 2.45) is 0 Å². The van der Waals surface area contributed by atoms with E-state index in [1.807, 2.05) is 0 Å². The van der Waals surface area contributed by atoms with Crippen LogP contribution in [0.25, 0.3) is 0 Å². The van der Waals surface area contributed by atoms with Gasteiger partial charge >= 0.3 is 0 Å². The Balaban J connectivity index is 2.02. The highest BCUT2D eigenvalue weighted by molar-refractivity contribution is 7.89. The van der Waals surface area contributed by atoms with Gasteiger partial charge in [0, 0.05) is 26.7 Å². The molecule has 0 bridgehead atoms. The zero-order valence-electron chi connectivity index (χ0n) is 20.8. The summed E-state index contributed by atoms with van der Waals surface area (Å²) in [5, 5.41) is 0. The highest BCUT2D eigenvalue weighted by atomic mass is 32.2. The lowest BCUT2D eigenvalue weighted by atomic mass is 10.1. The Morgan fingerprint density at radius 1 is 1.18 bits per heavy atom. The molecule has 33 heavy (non-hydrogen) atoms. The van der Waals surface area contributed by atoms with Crippen molar-refractivity contribution >= 4 is 15.9 Å². The molecule has 2 rings (SSSR count). The zero-order valence-corrected chi connectivity index (χ0v) is 21.6. The third-order valence-electron chi connectivity index (χ3n) is 6.02. The number of nitrogens with zero attached hydrogens (tertiary/aromatic N) is 3. The molecule has 0 N–H and O–H groups in total. The first-order valence-corrected chi connectivity index (χ1v) is 12.9. The van der Waals surface area contributed by atoms with Crippen LogP contribution >= 0.6 is 0 Å². The van der Waals surface area contributed by atoms with Crippen LogP contribution in [0.1, 0.15) is 25.0 Å². The number of hydrogen-bond donors (Lipinski definition) is 0. The Labute approximate surface area is 198 Å². The lowest BCUT2D eigenvalue weighted by Crippen LogP contribution is -2.51. The number of carbonyl (C=O) groups is 1. The van der Waals surface area contributed by atoms with E-state index in [1.54, 1.807) is 45.0 Å². The molecule has 0 saturated carbocycles. The third kappa shape index (κ3) is 7.13. The molecule has 1 heterocycles. The normalized spacial score (nSPS) is 17.4. The number of rotatable bonds is 12. The molecule has 1 amide bonds. The number of morpholine rings is 1. The van der Waals surface area contributed by atoms with Crippen molar-refractivity contribution in [2.75, 3.05) is 73.3 Å². The van der Waals surface area contributed by atoms with Crippen LogP contribution in [0.4, 0.5) is 0 Å². The summed E-state index contributed by atoms with van der Waals surface area (Å²) in [4.78, 5) is 16.6. The van der Waals surface area contributed by atoms with Gasteiger partial charge in [0.2, 0.25) is 15.9 Å². The number of hydrogen-bond acceptors (Lipinski definition) is 7. The largest absolute Gasteiger partial charge is 0.497 e. The van der Waals surface area contributed by atoms with E-state index in [9.17, 15) is 13.2 Å². The van der Waals surface area contributed by atoms with Crippen LogP contribution in [-0.2, 0) is 24.3 Å². The van der Waals surface area contributed by atoms with Crippen LogP contribution in [0.2, 0.25) is 0 Å². The van der Waals surface area contributed by atoms with Crippen LogP contribution < -0.4 is 4.74 Å². The number of likely N-dealkylation sites (N-methyl/N-ethyl adjacent to an activating group) is 2. The molecule has 0 radical (unpaired) electrons. The van der Waals surface area contributed by atoms with Gasteiger partial charge in [0.15, 0.2) is 0 Å². The summed E-state index contributed by atoms with van der Waals surface area (Å²) in [6, 6.07) is 2.94. The number of benzene rings is 1. The van der Waals surface area contributed by atoms with Gasteiger partial charge in [0.1, 0.15) is 12.4 Å². The molecule has 1 atom stereocenters. The summed E-state index contributed by atoms with van der Waals surface area (Å²) in [5.41, 5.74) is 1.26. The topological polar surface area (TPSA) is 88.6 Å². The van der Waals surface area contributed by atoms with E-state index in [0.29, 0.717) is 30.0 Å². The van der Waals surface area contributed by atoms with E-state index in [4.69, 9.17) is 14.2 Å². The van der Waals surface area contributed by atoms with Gasteiger partial charge in [0.25, 0.3) is 0 Å². The molecule has 188 valence electrons. The van der Waals surface area contributed by atoms with E-state index < -0.39 is 16.1 Å². The molecule has 0 spiro atoms. The molecule has 1 aromatic carbocycles. The van der Waals surface area contributed by atoms with Gasteiger partial charge in [-0.2, -0.15) is 4.31 Å². The van der Waals surface area contributed by atoms with Crippen molar-refractivity contribution in [2.45, 2.75) is 38.6 Å². The fraction of sp³-hybridized carbons (Fsp3) is 0.696. The third-order valence-corrected chi connectivity index (χ3v) is 8.28. The van der Waals surface area contributed by atoms with Crippen molar-refractivity contribution in [3.63, 3.8) is 0 Å². The fourth-order valence-corrected chi connectivity index (χ4v) is 5.98. The molecule has 9 nitrogen and oxygen atoms in total. The van der Waals surface area contributed by atoms with Gasteiger partial charge in [0.05, 0.1) is 37.9 Å². The number of ether oxygens (including phenoxy) is 3. The average Bonchev–Trinajstić information content (AvgIpc) is 2.79. The number of carbonyl (C=O) groups excluding carboxylic acids is 1. The van der Waals surface area contributed by atoms with Crippen molar-refractivity contribution in [1.82, 2.24) is 14.1 Å². The maximum Gasteiger partial charge on any atom is 0.248 e. The molecule has 1 saturated heterocycles. The van der Waals surface area contributed by atoms with Crippen LogP contribution in [0, 0.1) is 13.8 Å². The summed E-state index contributed by atoms with van der Waals surface area (Å²) in [6.45, 7) is 11.8. The van der Waals surface area contributed by atoms with Crippen LogP contribution in [0.15, 0.2) is 17.0 Å². The van der Waals surface area contributed by atoms with Crippen molar-refractivity contribution in [3.05, 3.63) is 23.3 Å². The second-order valence-corrected chi connectivity index (χ2v) is 10.1. The number of aryl methyl sites for hydroxylation is 2. The number of amides is 1. The minimum absolute atomic E-state index is 0.0864. The molecule has 1 fully saturated rings. The Morgan fingerprint density at radius 3 is 2.39 bits per heavy atom. The Kier molecular flexibility index (Phi) is 10.6. The zero-order chi connectivity index (χ0) is 24.6. The standard InChI is InChI=1S/C23H39N3O6S/c1-7-25(8-2)10-9-24(5)22(27)17-32-16-20-15-31-12-11-26(20)33(28,29)23-18(3)13-21(30-6)14-19(23)4/h13-14,20H,7-12,15-17H2,1-6H3/t20-/m0/s1. The number of sulfonamides is 1. The molecule has 0 aromatic heterocycles. The fourth-order valence-electron chi connectivity index (χ4n) is 3.99. The van der Waals surface area contributed by atoms with E-state index in [0.717, 1.165) is 19.6 Å². The Morgan fingerprint density at radius 2 is 1.82 bits per heavy atom. The van der Waals surface area contributed by atoms with Gasteiger partial charge in [-0.15, -0.1) is 0 Å². The van der Waals surface area contributed by atoms with Crippen molar-refractivity contribution < 1.29 is 27.4 Å². The molecular formula is C23H39N3O6S. The SMILES string of the molecule is CCN(CC)CCN(C)C(=O)COC[C@@H]1COCCN1S(=O)(=O)c1c(C)cc(OC)cc1C.